The fourth-order valence-corrected chi connectivity index (χ4v) is 3.57. The normalized spacial score (nSPS) is 11.7. The van der Waals surface area contributed by atoms with Crippen molar-refractivity contribution in [1.29, 1.82) is 0 Å². The molecular weight excluding hydrogens is 317 g/mol. The molecule has 1 N–H and O–H groups in total. The lowest BCUT2D eigenvalue weighted by Gasteiger charge is -2.25. The second-order valence-corrected chi connectivity index (χ2v) is 6.53. The molecule has 0 fully saturated rings. The lowest BCUT2D eigenvalue weighted by atomic mass is 10.2. The largest absolute Gasteiger partial charge is 0.480 e. The molecular formula is C13H16FNO6S. The summed E-state index contributed by atoms with van der Waals surface area (Å²) in [6.07, 6.45) is 0. The van der Waals surface area contributed by atoms with Crippen molar-refractivity contribution < 1.29 is 32.2 Å². The Morgan fingerprint density at radius 3 is 2.41 bits per heavy atom. The summed E-state index contributed by atoms with van der Waals surface area (Å²) in [7, 11) is -3.34. The topological polar surface area (TPSA) is 101 Å². The van der Waals surface area contributed by atoms with E-state index in [4.69, 9.17) is 5.11 Å². The van der Waals surface area contributed by atoms with Crippen LogP contribution in [0.2, 0.25) is 0 Å². The van der Waals surface area contributed by atoms with E-state index in [1.807, 2.05) is 0 Å². The number of rotatable bonds is 6. The molecule has 0 amide bonds. The Labute approximate surface area is 127 Å². The first kappa shape index (κ1) is 18.1. The van der Waals surface area contributed by atoms with Crippen molar-refractivity contribution in [2.45, 2.75) is 24.8 Å². The van der Waals surface area contributed by atoms with Crippen LogP contribution in [0.5, 0.6) is 0 Å². The summed E-state index contributed by atoms with van der Waals surface area (Å²) in [5.74, 6) is -3.20. The number of nitrogens with zero attached hydrogens (tertiary/aromatic N) is 1. The molecule has 7 nitrogen and oxygen atoms in total. The number of aliphatic carboxylic acids is 1. The van der Waals surface area contributed by atoms with Gasteiger partial charge in [-0.2, -0.15) is 4.31 Å². The second kappa shape index (κ2) is 6.84. The van der Waals surface area contributed by atoms with Crippen molar-refractivity contribution in [3.8, 4) is 0 Å². The number of esters is 1. The number of carboxylic acid groups (broad SMARTS) is 1. The fourth-order valence-electron chi connectivity index (χ4n) is 1.79. The molecule has 0 radical (unpaired) electrons. The number of hydrogen-bond donors (Lipinski definition) is 1. The predicted octanol–water partition coefficient (Wildman–Crippen LogP) is 1.10. The third-order valence-electron chi connectivity index (χ3n) is 2.80. The Kier molecular flexibility index (Phi) is 5.61. The Hall–Kier alpha value is -2.00. The van der Waals surface area contributed by atoms with Crippen LogP contribution in [-0.2, 0) is 19.6 Å². The van der Waals surface area contributed by atoms with Crippen LogP contribution in [0.3, 0.4) is 0 Å². The van der Waals surface area contributed by atoms with Gasteiger partial charge in [-0.25, -0.2) is 17.6 Å². The van der Waals surface area contributed by atoms with Crippen molar-refractivity contribution in [2.75, 3.05) is 13.7 Å². The molecule has 0 aliphatic rings. The molecule has 0 heterocycles. The third-order valence-corrected chi connectivity index (χ3v) is 4.86. The summed E-state index contributed by atoms with van der Waals surface area (Å²) < 4.78 is 43.7. The zero-order valence-electron chi connectivity index (χ0n) is 12.2. The SMILES string of the molecule is COC(=O)c1ccc(F)cc1S(=O)(=O)N(CC(=O)O)C(C)C. The zero-order valence-corrected chi connectivity index (χ0v) is 13.1. The molecule has 0 aliphatic heterocycles. The molecule has 9 heteroatoms. The van der Waals surface area contributed by atoms with Gasteiger partial charge in [0.1, 0.15) is 12.4 Å². The van der Waals surface area contributed by atoms with Gasteiger partial charge in [-0.3, -0.25) is 4.79 Å². The molecule has 122 valence electrons. The summed E-state index contributed by atoms with van der Waals surface area (Å²) >= 11 is 0. The van der Waals surface area contributed by atoms with Crippen molar-refractivity contribution in [3.63, 3.8) is 0 Å². The van der Waals surface area contributed by atoms with Crippen LogP contribution < -0.4 is 0 Å². The molecule has 0 atom stereocenters. The number of carbonyl (C=O) groups is 2. The van der Waals surface area contributed by atoms with E-state index in [0.29, 0.717) is 10.4 Å². The highest BCUT2D eigenvalue weighted by Gasteiger charge is 2.33. The number of benzene rings is 1. The van der Waals surface area contributed by atoms with Crippen LogP contribution in [0.25, 0.3) is 0 Å². The summed E-state index contributed by atoms with van der Waals surface area (Å²) in [4.78, 5) is 21.9. The van der Waals surface area contributed by atoms with Crippen molar-refractivity contribution in [2.24, 2.45) is 0 Å². The average molecular weight is 333 g/mol. The quantitative estimate of drug-likeness (QED) is 0.782. The smallest absolute Gasteiger partial charge is 0.339 e. The maximum absolute atomic E-state index is 13.4. The summed E-state index contributed by atoms with van der Waals surface area (Å²) in [6.45, 7) is 2.13. The van der Waals surface area contributed by atoms with Crippen molar-refractivity contribution >= 4 is 22.0 Å². The van der Waals surface area contributed by atoms with E-state index in [-0.39, 0.29) is 5.56 Å². The predicted molar refractivity (Wildman–Crippen MR) is 74.4 cm³/mol. The molecule has 0 bridgehead atoms. The zero-order chi connectivity index (χ0) is 17.1. The maximum Gasteiger partial charge on any atom is 0.339 e. The van der Waals surface area contributed by atoms with Crippen LogP contribution in [0.1, 0.15) is 24.2 Å². The van der Waals surface area contributed by atoms with Gasteiger partial charge in [-0.1, -0.05) is 0 Å². The lowest BCUT2D eigenvalue weighted by molar-refractivity contribution is -0.137. The minimum atomic E-state index is -4.39. The summed E-state index contributed by atoms with van der Waals surface area (Å²) in [6, 6.07) is 1.86. The van der Waals surface area contributed by atoms with Crippen LogP contribution >= 0.6 is 0 Å². The minimum absolute atomic E-state index is 0.361. The Balaban J connectivity index is 3.52. The number of hydrogen-bond acceptors (Lipinski definition) is 5. The van der Waals surface area contributed by atoms with E-state index in [2.05, 4.69) is 4.74 Å². The standard InChI is InChI=1S/C13H16FNO6S/c1-8(2)15(7-12(16)17)22(19,20)11-6-9(14)4-5-10(11)13(18)21-3/h4-6,8H,7H2,1-3H3,(H,16,17). The van der Waals surface area contributed by atoms with Crippen LogP contribution in [-0.4, -0.2) is 49.5 Å². The highest BCUT2D eigenvalue weighted by atomic mass is 32.2. The number of methoxy groups -OCH3 is 1. The van der Waals surface area contributed by atoms with E-state index in [9.17, 15) is 22.4 Å². The minimum Gasteiger partial charge on any atom is -0.480 e. The molecule has 0 saturated heterocycles. The molecule has 0 unspecified atom stereocenters. The van der Waals surface area contributed by atoms with E-state index in [0.717, 1.165) is 19.2 Å². The first-order valence-electron chi connectivity index (χ1n) is 6.22. The molecule has 0 aromatic heterocycles. The Morgan fingerprint density at radius 2 is 1.95 bits per heavy atom. The van der Waals surface area contributed by atoms with Gasteiger partial charge in [0.15, 0.2) is 0 Å². The average Bonchev–Trinajstić information content (AvgIpc) is 2.43. The van der Waals surface area contributed by atoms with Gasteiger partial charge >= 0.3 is 11.9 Å². The third kappa shape index (κ3) is 3.80. The monoisotopic (exact) mass is 333 g/mol. The van der Waals surface area contributed by atoms with Gasteiger partial charge in [0.25, 0.3) is 0 Å². The van der Waals surface area contributed by atoms with Gasteiger partial charge in [-0.05, 0) is 32.0 Å². The van der Waals surface area contributed by atoms with Gasteiger partial charge in [0, 0.05) is 6.04 Å². The van der Waals surface area contributed by atoms with E-state index in [1.54, 1.807) is 0 Å². The first-order chi connectivity index (χ1) is 10.1. The number of halogens is 1. The summed E-state index contributed by atoms with van der Waals surface area (Å²) in [5.41, 5.74) is -0.361. The Bertz CT molecular complexity index is 686. The van der Waals surface area contributed by atoms with Crippen LogP contribution in [0, 0.1) is 5.82 Å². The molecule has 0 spiro atoms. The number of sulfonamides is 1. The van der Waals surface area contributed by atoms with Crippen LogP contribution in [0.4, 0.5) is 4.39 Å². The molecule has 1 aromatic carbocycles. The number of carboxylic acids is 1. The highest BCUT2D eigenvalue weighted by molar-refractivity contribution is 7.89. The second-order valence-electron chi connectivity index (χ2n) is 4.67. The van der Waals surface area contributed by atoms with E-state index >= 15 is 0 Å². The molecule has 1 rings (SSSR count). The summed E-state index contributed by atoms with van der Waals surface area (Å²) in [5, 5.41) is 8.85. The van der Waals surface area contributed by atoms with E-state index < -0.39 is 45.3 Å². The van der Waals surface area contributed by atoms with Gasteiger partial charge in [0.2, 0.25) is 10.0 Å². The Morgan fingerprint density at radius 1 is 1.36 bits per heavy atom. The molecule has 0 saturated carbocycles. The fraction of sp³-hybridized carbons (Fsp3) is 0.385. The highest BCUT2D eigenvalue weighted by Crippen LogP contribution is 2.24. The maximum atomic E-state index is 13.4. The van der Waals surface area contributed by atoms with Gasteiger partial charge < -0.3 is 9.84 Å². The van der Waals surface area contributed by atoms with E-state index in [1.165, 1.54) is 13.8 Å². The van der Waals surface area contributed by atoms with Gasteiger partial charge in [-0.15, -0.1) is 0 Å². The van der Waals surface area contributed by atoms with Crippen molar-refractivity contribution in [1.82, 2.24) is 4.31 Å². The number of ether oxygens (including phenoxy) is 1. The lowest BCUT2D eigenvalue weighted by Crippen LogP contribution is -2.41. The number of carbonyl (C=O) groups excluding carboxylic acids is 1. The first-order valence-corrected chi connectivity index (χ1v) is 7.66. The molecule has 0 aliphatic carbocycles. The molecule has 22 heavy (non-hydrogen) atoms. The van der Waals surface area contributed by atoms with Crippen molar-refractivity contribution in [3.05, 3.63) is 29.6 Å². The van der Waals surface area contributed by atoms with Gasteiger partial charge in [0.05, 0.1) is 17.6 Å². The molecule has 1 aromatic rings. The van der Waals surface area contributed by atoms with Crippen LogP contribution in [0.15, 0.2) is 23.1 Å².